The van der Waals surface area contributed by atoms with Gasteiger partial charge in [0.15, 0.2) is 0 Å². The first kappa shape index (κ1) is 39.4. The van der Waals surface area contributed by atoms with Gasteiger partial charge in [-0.05, 0) is 145 Å². The molecule has 330 valence electrons. The summed E-state index contributed by atoms with van der Waals surface area (Å²) in [6.45, 7) is 21.7. The van der Waals surface area contributed by atoms with Crippen LogP contribution < -0.4 is 15.7 Å². The van der Waals surface area contributed by atoms with Crippen LogP contribution in [0.1, 0.15) is 103 Å². The number of para-hydroxylation sites is 1. The van der Waals surface area contributed by atoms with E-state index in [1.807, 2.05) is 11.3 Å². The fraction of sp³-hybridized carbons (Fsp3) is 0.238. The summed E-state index contributed by atoms with van der Waals surface area (Å²) in [6, 6.07) is 52.1. The van der Waals surface area contributed by atoms with E-state index in [4.69, 9.17) is 4.42 Å². The van der Waals surface area contributed by atoms with Crippen molar-refractivity contribution in [3.05, 3.63) is 161 Å². The van der Waals surface area contributed by atoms with Crippen molar-refractivity contribution in [2.75, 3.05) is 4.81 Å². The number of hydrogen-bond acceptors (Lipinski definition) is 3. The molecule has 2 aliphatic carbocycles. The van der Waals surface area contributed by atoms with Crippen LogP contribution in [0.5, 0.6) is 0 Å². The first-order valence-electron chi connectivity index (χ1n) is 24.7. The Hall–Kier alpha value is -6.56. The fourth-order valence-electron chi connectivity index (χ4n) is 13.6. The van der Waals surface area contributed by atoms with Gasteiger partial charge < -0.3 is 13.8 Å². The molecule has 0 saturated heterocycles. The average molecular weight is 897 g/mol. The van der Waals surface area contributed by atoms with E-state index in [1.165, 1.54) is 138 Å². The van der Waals surface area contributed by atoms with Gasteiger partial charge in [-0.3, -0.25) is 0 Å². The van der Waals surface area contributed by atoms with Crippen molar-refractivity contribution in [1.82, 2.24) is 4.57 Å². The van der Waals surface area contributed by atoms with Crippen molar-refractivity contribution >= 4 is 104 Å². The maximum atomic E-state index is 6.62. The van der Waals surface area contributed by atoms with Crippen molar-refractivity contribution in [3.63, 3.8) is 0 Å². The van der Waals surface area contributed by atoms with Crippen LogP contribution in [-0.4, -0.2) is 11.4 Å². The van der Waals surface area contributed by atoms with Crippen molar-refractivity contribution in [3.8, 4) is 27.9 Å². The number of fused-ring (bicyclic) bond motifs is 19. The third-order valence-electron chi connectivity index (χ3n) is 17.4. The lowest BCUT2D eigenvalue weighted by Gasteiger charge is -2.42. The van der Waals surface area contributed by atoms with Crippen LogP contribution in [-0.2, 0) is 21.7 Å². The summed E-state index contributed by atoms with van der Waals surface area (Å²) < 4.78 is 11.9. The second-order valence-electron chi connectivity index (χ2n) is 23.5. The zero-order valence-electron chi connectivity index (χ0n) is 40.4. The molecule has 0 amide bonds. The summed E-state index contributed by atoms with van der Waals surface area (Å²) in [7, 11) is 0. The van der Waals surface area contributed by atoms with Gasteiger partial charge in [0, 0.05) is 69.8 Å². The zero-order chi connectivity index (χ0) is 46.1. The molecule has 0 spiro atoms. The molecule has 0 unspecified atom stereocenters. The van der Waals surface area contributed by atoms with Gasteiger partial charge in [-0.1, -0.05) is 135 Å². The first-order valence-corrected chi connectivity index (χ1v) is 25.6. The molecule has 0 saturated carbocycles. The minimum Gasteiger partial charge on any atom is -0.456 e. The van der Waals surface area contributed by atoms with E-state index in [0.717, 1.165) is 16.6 Å². The highest BCUT2D eigenvalue weighted by molar-refractivity contribution is 7.26. The standard InChI is InChI=1S/C63H53BN2OS/c1-60(2,3)34-18-20-35(21-19-34)66-50-31-41-40-28-46-47(62(6,7)27-26-61(46,4)5)32-45(40)63(8,9)44(41)29-42(50)37-22-23-39-56-49(24-25-53-57(56)38-15-10-12-16-52(38)67-53)65-51-33-55-43(36-14-11-13-17-54(36)68-55)30-48(51)64(66)58(37)59(39)65/h10-25,28-33H,26-27H2,1-9H3. The Kier molecular flexibility index (Phi) is 7.28. The molecular formula is C63H53BN2OS. The van der Waals surface area contributed by atoms with Crippen molar-refractivity contribution in [2.45, 2.75) is 96.8 Å². The fourth-order valence-corrected chi connectivity index (χ4v) is 14.7. The number of rotatable bonds is 1. The minimum absolute atomic E-state index is 0.0290. The maximum absolute atomic E-state index is 6.62. The molecule has 68 heavy (non-hydrogen) atoms. The van der Waals surface area contributed by atoms with E-state index in [-0.39, 0.29) is 28.5 Å². The summed E-state index contributed by atoms with van der Waals surface area (Å²) in [4.78, 5) is 2.74. The van der Waals surface area contributed by atoms with Crippen LogP contribution in [0.4, 0.5) is 11.4 Å². The topological polar surface area (TPSA) is 21.3 Å². The third-order valence-corrected chi connectivity index (χ3v) is 18.5. The van der Waals surface area contributed by atoms with E-state index in [1.54, 1.807) is 0 Å². The molecular weight excluding hydrogens is 844 g/mol. The maximum Gasteiger partial charge on any atom is 0.333 e. The largest absolute Gasteiger partial charge is 0.456 e. The molecule has 11 aromatic rings. The highest BCUT2D eigenvalue weighted by Gasteiger charge is 2.48. The molecule has 8 aromatic carbocycles. The van der Waals surface area contributed by atoms with Crippen LogP contribution in [0.25, 0.3) is 91.9 Å². The van der Waals surface area contributed by atoms with Gasteiger partial charge in [-0.2, -0.15) is 0 Å². The highest BCUT2D eigenvalue weighted by Crippen LogP contribution is 2.58. The summed E-state index contributed by atoms with van der Waals surface area (Å²) in [5, 5.41) is 7.56. The van der Waals surface area contributed by atoms with E-state index < -0.39 is 0 Å². The van der Waals surface area contributed by atoms with E-state index in [9.17, 15) is 0 Å². The Balaban J connectivity index is 1.10. The van der Waals surface area contributed by atoms with Gasteiger partial charge in [0.1, 0.15) is 11.2 Å². The monoisotopic (exact) mass is 896 g/mol. The summed E-state index contributed by atoms with van der Waals surface area (Å²) >= 11 is 1.91. The predicted molar refractivity (Wildman–Crippen MR) is 292 cm³/mol. The van der Waals surface area contributed by atoms with E-state index >= 15 is 0 Å². The van der Waals surface area contributed by atoms with Crippen LogP contribution in [0.15, 0.2) is 138 Å². The Morgan fingerprint density at radius 1 is 0.544 bits per heavy atom. The highest BCUT2D eigenvalue weighted by atomic mass is 32.1. The molecule has 0 radical (unpaired) electrons. The second-order valence-corrected chi connectivity index (χ2v) is 24.6. The molecule has 5 heteroatoms. The zero-order valence-corrected chi connectivity index (χ0v) is 41.2. The number of anilines is 2. The summed E-state index contributed by atoms with van der Waals surface area (Å²) in [5.74, 6) is 0. The second kappa shape index (κ2) is 12.6. The Bertz CT molecular complexity index is 4110. The summed E-state index contributed by atoms with van der Waals surface area (Å²) in [6.07, 6.45) is 2.40. The number of nitrogens with zero attached hydrogens (tertiary/aromatic N) is 2. The molecule has 0 N–H and O–H groups in total. The molecule has 3 aromatic heterocycles. The number of thiophene rings is 1. The van der Waals surface area contributed by atoms with Crippen molar-refractivity contribution in [1.29, 1.82) is 0 Å². The lowest BCUT2D eigenvalue weighted by molar-refractivity contribution is 0.331. The van der Waals surface area contributed by atoms with Gasteiger partial charge in [-0.15, -0.1) is 11.3 Å². The molecule has 3 nitrogen and oxygen atoms in total. The number of aromatic nitrogens is 1. The van der Waals surface area contributed by atoms with Crippen molar-refractivity contribution in [2.24, 2.45) is 0 Å². The Morgan fingerprint density at radius 3 is 2.01 bits per heavy atom. The molecule has 0 bridgehead atoms. The number of furan rings is 1. The van der Waals surface area contributed by atoms with Crippen LogP contribution >= 0.6 is 11.3 Å². The predicted octanol–water partition coefficient (Wildman–Crippen LogP) is 16.2. The van der Waals surface area contributed by atoms with E-state index in [0.29, 0.717) is 0 Å². The van der Waals surface area contributed by atoms with E-state index in [2.05, 4.69) is 205 Å². The van der Waals surface area contributed by atoms with Gasteiger partial charge in [0.25, 0.3) is 0 Å². The Morgan fingerprint density at radius 2 is 1.24 bits per heavy atom. The van der Waals surface area contributed by atoms with Crippen LogP contribution in [0.3, 0.4) is 0 Å². The van der Waals surface area contributed by atoms with Gasteiger partial charge in [0.2, 0.25) is 0 Å². The smallest absolute Gasteiger partial charge is 0.333 e. The first-order chi connectivity index (χ1) is 32.6. The number of hydrogen-bond donors (Lipinski definition) is 0. The van der Waals surface area contributed by atoms with Gasteiger partial charge >= 0.3 is 6.85 Å². The van der Waals surface area contributed by atoms with Crippen LogP contribution in [0, 0.1) is 0 Å². The molecule has 4 aliphatic rings. The van der Waals surface area contributed by atoms with Crippen LogP contribution in [0.2, 0.25) is 0 Å². The SMILES string of the molecule is CC(C)(C)c1ccc(N2B3c4cc5c(cc4-n4c6ccc7oc8ccccc8c7c6c6ccc(c3c64)-c3cc4c(cc32)-c2cc3c(cc2C4(C)C)C(C)(C)CCC3(C)C)sc2ccccc25)cc1. The minimum atomic E-state index is -0.176. The average Bonchev–Trinajstić information content (AvgIpc) is 4.04. The number of benzene rings is 8. The molecule has 0 atom stereocenters. The van der Waals surface area contributed by atoms with Crippen molar-refractivity contribution < 1.29 is 4.42 Å². The van der Waals surface area contributed by atoms with Gasteiger partial charge in [0.05, 0.1) is 11.0 Å². The normalized spacial score (nSPS) is 17.1. The third kappa shape index (κ3) is 4.86. The van der Waals surface area contributed by atoms with Gasteiger partial charge in [-0.25, -0.2) is 0 Å². The molecule has 15 rings (SSSR count). The molecule has 0 fully saturated rings. The quantitative estimate of drug-likeness (QED) is 0.153. The molecule has 2 aliphatic heterocycles. The molecule has 5 heterocycles. The lowest BCUT2D eigenvalue weighted by Crippen LogP contribution is -2.60. The summed E-state index contributed by atoms with van der Waals surface area (Å²) in [5.41, 5.74) is 23.7. The Labute approximate surface area is 402 Å². The lowest BCUT2D eigenvalue weighted by atomic mass is 9.44.